The molecule has 2 heterocycles. The van der Waals surface area contributed by atoms with E-state index in [1.165, 1.54) is 0 Å². The third-order valence-corrected chi connectivity index (χ3v) is 4.47. The van der Waals surface area contributed by atoms with Gasteiger partial charge in [0, 0.05) is 17.0 Å². The van der Waals surface area contributed by atoms with E-state index in [1.807, 2.05) is 64.1 Å². The van der Waals surface area contributed by atoms with Crippen molar-refractivity contribution in [2.24, 2.45) is 0 Å². The predicted octanol–water partition coefficient (Wildman–Crippen LogP) is 5.28. The number of aromatic nitrogens is 2. The molecule has 5 nitrogen and oxygen atoms in total. The molecule has 140 valence electrons. The molecule has 0 fully saturated rings. The van der Waals surface area contributed by atoms with Crippen molar-refractivity contribution >= 4 is 11.0 Å². The lowest BCUT2D eigenvalue weighted by Gasteiger charge is -2.11. The normalized spacial score (nSPS) is 11.0. The maximum absolute atomic E-state index is 13.3. The van der Waals surface area contributed by atoms with Crippen molar-refractivity contribution in [1.82, 2.24) is 9.97 Å². The van der Waals surface area contributed by atoms with Crippen LogP contribution in [0.25, 0.3) is 22.3 Å². The Labute approximate surface area is 162 Å². The molecule has 0 saturated heterocycles. The molecule has 0 unspecified atom stereocenters. The molecule has 5 heteroatoms. The average Bonchev–Trinajstić information content (AvgIpc) is 2.64. The minimum Gasteiger partial charge on any atom is -0.452 e. The molecule has 0 aliphatic heterocycles. The van der Waals surface area contributed by atoms with Crippen LogP contribution in [0.5, 0.6) is 11.8 Å². The van der Waals surface area contributed by atoms with E-state index in [2.05, 4.69) is 9.97 Å². The van der Waals surface area contributed by atoms with E-state index < -0.39 is 0 Å². The van der Waals surface area contributed by atoms with Gasteiger partial charge < -0.3 is 9.15 Å². The number of hydrogen-bond acceptors (Lipinski definition) is 5. The summed E-state index contributed by atoms with van der Waals surface area (Å²) in [5, 5.41) is 0.468. The molecule has 28 heavy (non-hydrogen) atoms. The Kier molecular flexibility index (Phi) is 4.43. The summed E-state index contributed by atoms with van der Waals surface area (Å²) in [7, 11) is 0. The number of fused-ring (bicyclic) bond motifs is 1. The first kappa shape index (κ1) is 17.9. The van der Waals surface area contributed by atoms with Gasteiger partial charge in [0.25, 0.3) is 0 Å². The van der Waals surface area contributed by atoms with Crippen molar-refractivity contribution < 1.29 is 9.15 Å². The monoisotopic (exact) mass is 372 g/mol. The number of benzene rings is 2. The van der Waals surface area contributed by atoms with Crippen molar-refractivity contribution in [3.63, 3.8) is 0 Å². The zero-order valence-electron chi connectivity index (χ0n) is 16.2. The number of rotatable bonds is 3. The summed E-state index contributed by atoms with van der Waals surface area (Å²) in [6.45, 7) is 7.65. The third-order valence-electron chi connectivity index (χ3n) is 4.47. The fraction of sp³-hybridized carbons (Fsp3) is 0.174. The van der Waals surface area contributed by atoms with Gasteiger partial charge in [-0.25, -0.2) is 9.97 Å². The van der Waals surface area contributed by atoms with Gasteiger partial charge in [-0.15, -0.1) is 0 Å². The molecule has 0 atom stereocenters. The van der Waals surface area contributed by atoms with Gasteiger partial charge in [-0.2, -0.15) is 0 Å². The summed E-state index contributed by atoms with van der Waals surface area (Å²) in [5.74, 6) is 0.455. The van der Waals surface area contributed by atoms with Crippen molar-refractivity contribution in [1.29, 1.82) is 0 Å². The number of hydrogen-bond donors (Lipinski definition) is 0. The molecule has 0 N–H and O–H groups in total. The molecule has 0 saturated carbocycles. The fourth-order valence-electron chi connectivity index (χ4n) is 3.11. The van der Waals surface area contributed by atoms with Crippen LogP contribution in [0.15, 0.2) is 57.7 Å². The molecule has 0 spiro atoms. The first-order valence-electron chi connectivity index (χ1n) is 9.05. The molecule has 0 aliphatic carbocycles. The van der Waals surface area contributed by atoms with Crippen molar-refractivity contribution in [2.75, 3.05) is 0 Å². The van der Waals surface area contributed by atoms with Gasteiger partial charge in [0.2, 0.25) is 11.2 Å². The van der Waals surface area contributed by atoms with Crippen LogP contribution >= 0.6 is 0 Å². The lowest BCUT2D eigenvalue weighted by Crippen LogP contribution is -2.09. The Bertz CT molecular complexity index is 1220. The van der Waals surface area contributed by atoms with Crippen LogP contribution in [0.3, 0.4) is 0 Å². The van der Waals surface area contributed by atoms with Crippen molar-refractivity contribution in [2.45, 2.75) is 27.7 Å². The Morgan fingerprint density at radius 3 is 2.14 bits per heavy atom. The van der Waals surface area contributed by atoms with Gasteiger partial charge in [0.15, 0.2) is 5.76 Å². The van der Waals surface area contributed by atoms with Gasteiger partial charge in [-0.3, -0.25) is 4.79 Å². The summed E-state index contributed by atoms with van der Waals surface area (Å²) in [5.41, 5.74) is 4.63. The van der Waals surface area contributed by atoms with Crippen LogP contribution in [-0.2, 0) is 0 Å². The van der Waals surface area contributed by atoms with E-state index in [0.29, 0.717) is 16.7 Å². The minimum atomic E-state index is -0.247. The van der Waals surface area contributed by atoms with Gasteiger partial charge >= 0.3 is 6.01 Å². The second-order valence-electron chi connectivity index (χ2n) is 6.99. The van der Waals surface area contributed by atoms with Gasteiger partial charge in [0.05, 0.1) is 5.39 Å². The molecule has 0 amide bonds. The fourth-order valence-corrected chi connectivity index (χ4v) is 3.11. The predicted molar refractivity (Wildman–Crippen MR) is 109 cm³/mol. The van der Waals surface area contributed by atoms with Crippen LogP contribution in [0.2, 0.25) is 0 Å². The average molecular weight is 372 g/mol. The Hall–Kier alpha value is -3.47. The highest BCUT2D eigenvalue weighted by molar-refractivity contribution is 5.82. The van der Waals surface area contributed by atoms with Crippen LogP contribution in [-0.4, -0.2) is 9.97 Å². The SMILES string of the molecule is Cc1ccc(-c2oc3ccc(C)cc3c(=O)c2Oc2nc(C)cc(C)n2)cc1. The maximum Gasteiger partial charge on any atom is 0.322 e. The molecule has 2 aromatic carbocycles. The van der Waals surface area contributed by atoms with E-state index in [-0.39, 0.29) is 17.2 Å². The van der Waals surface area contributed by atoms with Crippen LogP contribution in [0, 0.1) is 27.7 Å². The number of nitrogens with zero attached hydrogens (tertiary/aromatic N) is 2. The van der Waals surface area contributed by atoms with Crippen LogP contribution in [0.1, 0.15) is 22.5 Å². The van der Waals surface area contributed by atoms with E-state index in [1.54, 1.807) is 12.1 Å². The zero-order valence-corrected chi connectivity index (χ0v) is 16.2. The second kappa shape index (κ2) is 6.93. The van der Waals surface area contributed by atoms with Gasteiger partial charge in [-0.05, 0) is 45.9 Å². The Balaban J connectivity index is 1.97. The first-order valence-corrected chi connectivity index (χ1v) is 9.05. The molecular weight excluding hydrogens is 352 g/mol. The Morgan fingerprint density at radius 2 is 1.46 bits per heavy atom. The number of ether oxygens (including phenoxy) is 1. The lowest BCUT2D eigenvalue weighted by atomic mass is 10.1. The molecule has 4 rings (SSSR count). The van der Waals surface area contributed by atoms with E-state index in [9.17, 15) is 4.79 Å². The van der Waals surface area contributed by atoms with Gasteiger partial charge in [-0.1, -0.05) is 41.5 Å². The highest BCUT2D eigenvalue weighted by Crippen LogP contribution is 2.33. The van der Waals surface area contributed by atoms with Crippen LogP contribution in [0.4, 0.5) is 0 Å². The highest BCUT2D eigenvalue weighted by atomic mass is 16.5. The van der Waals surface area contributed by atoms with Crippen molar-refractivity contribution in [3.8, 4) is 23.1 Å². The summed E-state index contributed by atoms with van der Waals surface area (Å²) in [6.07, 6.45) is 0. The molecule has 2 aromatic heterocycles. The molecule has 0 bridgehead atoms. The summed E-state index contributed by atoms with van der Waals surface area (Å²) in [6, 6.07) is 15.2. The second-order valence-corrected chi connectivity index (χ2v) is 6.99. The van der Waals surface area contributed by atoms with E-state index in [4.69, 9.17) is 9.15 Å². The summed E-state index contributed by atoms with van der Waals surface area (Å²) in [4.78, 5) is 21.9. The first-order chi connectivity index (χ1) is 13.4. The summed E-state index contributed by atoms with van der Waals surface area (Å²) < 4.78 is 12.0. The van der Waals surface area contributed by atoms with E-state index in [0.717, 1.165) is 28.1 Å². The molecule has 0 radical (unpaired) electrons. The van der Waals surface area contributed by atoms with Crippen LogP contribution < -0.4 is 10.2 Å². The topological polar surface area (TPSA) is 65.2 Å². The summed E-state index contributed by atoms with van der Waals surface area (Å²) >= 11 is 0. The molecule has 4 aromatic rings. The zero-order chi connectivity index (χ0) is 19.8. The van der Waals surface area contributed by atoms with E-state index >= 15 is 0 Å². The molecular formula is C23H20N2O3. The quantitative estimate of drug-likeness (QED) is 0.490. The maximum atomic E-state index is 13.3. The highest BCUT2D eigenvalue weighted by Gasteiger charge is 2.20. The third kappa shape index (κ3) is 3.39. The Morgan fingerprint density at radius 1 is 0.821 bits per heavy atom. The lowest BCUT2D eigenvalue weighted by molar-refractivity contribution is 0.421. The largest absolute Gasteiger partial charge is 0.452 e. The molecule has 0 aliphatic rings. The standard InChI is InChI=1S/C23H20N2O3/c1-13-5-8-17(9-6-13)21-22(28-23-24-15(3)12-16(4)25-23)20(26)18-11-14(2)7-10-19(18)27-21/h5-12H,1-4H3. The minimum absolute atomic E-state index is 0.0898. The van der Waals surface area contributed by atoms with Crippen molar-refractivity contribution in [3.05, 3.63) is 81.3 Å². The smallest absolute Gasteiger partial charge is 0.322 e. The van der Waals surface area contributed by atoms with Gasteiger partial charge in [0.1, 0.15) is 5.58 Å². The number of aryl methyl sites for hydroxylation is 4.